The highest BCUT2D eigenvalue weighted by atomic mass is 35.7. The van der Waals surface area contributed by atoms with Gasteiger partial charge in [-0.1, -0.05) is 0 Å². The van der Waals surface area contributed by atoms with E-state index in [1.165, 1.54) is 14.2 Å². The molecule has 0 amide bonds. The van der Waals surface area contributed by atoms with Crippen molar-refractivity contribution >= 4 is 19.7 Å². The zero-order chi connectivity index (χ0) is 13.2. The van der Waals surface area contributed by atoms with Crippen molar-refractivity contribution in [3.05, 3.63) is 22.8 Å². The van der Waals surface area contributed by atoms with E-state index < -0.39 is 9.05 Å². The molecule has 0 radical (unpaired) electrons. The second-order valence-corrected chi connectivity index (χ2v) is 6.49. The predicted octanol–water partition coefficient (Wildman–Crippen LogP) is 2.39. The predicted molar refractivity (Wildman–Crippen MR) is 67.5 cm³/mol. The molecule has 0 aliphatic carbocycles. The van der Waals surface area contributed by atoms with Crippen LogP contribution in [0.4, 0.5) is 0 Å². The van der Waals surface area contributed by atoms with E-state index in [2.05, 4.69) is 0 Å². The molecule has 0 unspecified atom stereocenters. The highest BCUT2D eigenvalue weighted by molar-refractivity contribution is 8.13. The van der Waals surface area contributed by atoms with Gasteiger partial charge in [0.05, 0.1) is 20.0 Å². The number of hydrogen-bond donors (Lipinski definition) is 0. The van der Waals surface area contributed by atoms with Crippen LogP contribution in [0.15, 0.2) is 6.07 Å². The molecule has 0 heterocycles. The van der Waals surface area contributed by atoms with Gasteiger partial charge in [0.15, 0.2) is 0 Å². The summed E-state index contributed by atoms with van der Waals surface area (Å²) < 4.78 is 32.8. The second kappa shape index (κ2) is 5.14. The van der Waals surface area contributed by atoms with Gasteiger partial charge in [-0.25, -0.2) is 8.42 Å². The molecule has 0 saturated carbocycles. The molecule has 0 spiro atoms. The first-order valence-electron chi connectivity index (χ1n) is 4.93. The van der Waals surface area contributed by atoms with Crippen LogP contribution >= 0.6 is 10.7 Å². The van der Waals surface area contributed by atoms with E-state index in [-0.39, 0.29) is 5.75 Å². The standard InChI is InChI=1S/C11H15ClO4S/c1-7-5-10(15-3)8(2)9(11(7)16-4)6-17(12,13)14/h5H,6H2,1-4H3. The largest absolute Gasteiger partial charge is 0.496 e. The van der Waals surface area contributed by atoms with Crippen LogP contribution in [0.1, 0.15) is 16.7 Å². The van der Waals surface area contributed by atoms with Gasteiger partial charge in [-0.2, -0.15) is 0 Å². The van der Waals surface area contributed by atoms with Gasteiger partial charge in [0.2, 0.25) is 9.05 Å². The van der Waals surface area contributed by atoms with Crippen molar-refractivity contribution in [2.24, 2.45) is 0 Å². The summed E-state index contributed by atoms with van der Waals surface area (Å²) >= 11 is 0. The minimum Gasteiger partial charge on any atom is -0.496 e. The van der Waals surface area contributed by atoms with Gasteiger partial charge < -0.3 is 9.47 Å². The number of rotatable bonds is 4. The van der Waals surface area contributed by atoms with Crippen molar-refractivity contribution in [3.8, 4) is 11.5 Å². The number of benzene rings is 1. The molecule has 0 aliphatic heterocycles. The Balaban J connectivity index is 3.48. The maximum atomic E-state index is 11.2. The van der Waals surface area contributed by atoms with E-state index in [4.69, 9.17) is 20.2 Å². The molecular weight excluding hydrogens is 264 g/mol. The maximum Gasteiger partial charge on any atom is 0.236 e. The normalized spacial score (nSPS) is 11.4. The fourth-order valence-corrected chi connectivity index (χ4v) is 2.79. The third-order valence-corrected chi connectivity index (χ3v) is 3.50. The van der Waals surface area contributed by atoms with Crippen LogP contribution in [-0.4, -0.2) is 22.6 Å². The number of halogens is 1. The highest BCUT2D eigenvalue weighted by Crippen LogP contribution is 2.35. The van der Waals surface area contributed by atoms with Crippen molar-refractivity contribution in [3.63, 3.8) is 0 Å². The second-order valence-electron chi connectivity index (χ2n) is 3.72. The fourth-order valence-electron chi connectivity index (χ4n) is 1.77. The Bertz CT molecular complexity index is 523. The molecule has 96 valence electrons. The van der Waals surface area contributed by atoms with E-state index in [9.17, 15) is 8.42 Å². The lowest BCUT2D eigenvalue weighted by atomic mass is 10.0. The molecule has 0 aromatic heterocycles. The SMILES string of the molecule is COc1cc(C)c(OC)c(CS(=O)(=O)Cl)c1C. The molecule has 6 heteroatoms. The van der Waals surface area contributed by atoms with Gasteiger partial charge in [-0.15, -0.1) is 0 Å². The Kier molecular flexibility index (Phi) is 4.27. The highest BCUT2D eigenvalue weighted by Gasteiger charge is 2.19. The Labute approximate surface area is 106 Å². The van der Waals surface area contributed by atoms with E-state index >= 15 is 0 Å². The Morgan fingerprint density at radius 3 is 2.24 bits per heavy atom. The van der Waals surface area contributed by atoms with Crippen LogP contribution in [-0.2, 0) is 14.8 Å². The maximum absolute atomic E-state index is 11.2. The van der Waals surface area contributed by atoms with Crippen molar-refractivity contribution in [2.45, 2.75) is 19.6 Å². The Morgan fingerprint density at radius 1 is 1.24 bits per heavy atom. The van der Waals surface area contributed by atoms with Crippen molar-refractivity contribution in [1.82, 2.24) is 0 Å². The van der Waals surface area contributed by atoms with Crippen LogP contribution in [0.3, 0.4) is 0 Å². The van der Waals surface area contributed by atoms with Crippen LogP contribution in [0, 0.1) is 13.8 Å². The first-order chi connectivity index (χ1) is 7.80. The molecule has 17 heavy (non-hydrogen) atoms. The molecule has 0 bridgehead atoms. The van der Waals surface area contributed by atoms with Crippen LogP contribution in [0.2, 0.25) is 0 Å². The topological polar surface area (TPSA) is 52.6 Å². The Morgan fingerprint density at radius 2 is 1.82 bits per heavy atom. The van der Waals surface area contributed by atoms with Gasteiger partial charge in [-0.3, -0.25) is 0 Å². The molecule has 0 fully saturated rings. The molecular formula is C11H15ClO4S. The zero-order valence-electron chi connectivity index (χ0n) is 10.2. The number of methoxy groups -OCH3 is 2. The van der Waals surface area contributed by atoms with Crippen molar-refractivity contribution in [1.29, 1.82) is 0 Å². The van der Waals surface area contributed by atoms with E-state index in [1.807, 2.05) is 6.92 Å². The summed E-state index contributed by atoms with van der Waals surface area (Å²) in [6.45, 7) is 3.60. The minimum absolute atomic E-state index is 0.276. The third-order valence-electron chi connectivity index (χ3n) is 2.54. The fraction of sp³-hybridized carbons (Fsp3) is 0.455. The summed E-state index contributed by atoms with van der Waals surface area (Å²) in [5.74, 6) is 0.882. The molecule has 0 aliphatic rings. The quantitative estimate of drug-likeness (QED) is 0.794. The Hall–Kier alpha value is -0.940. The summed E-state index contributed by atoms with van der Waals surface area (Å²) in [7, 11) is 4.69. The minimum atomic E-state index is -3.64. The van der Waals surface area contributed by atoms with E-state index in [0.29, 0.717) is 17.1 Å². The van der Waals surface area contributed by atoms with Crippen molar-refractivity contribution < 1.29 is 17.9 Å². The third kappa shape index (κ3) is 3.26. The lowest BCUT2D eigenvalue weighted by Gasteiger charge is -2.16. The zero-order valence-corrected chi connectivity index (χ0v) is 11.8. The van der Waals surface area contributed by atoms with Gasteiger partial charge in [0.25, 0.3) is 0 Å². The van der Waals surface area contributed by atoms with Gasteiger partial charge >= 0.3 is 0 Å². The number of ether oxygens (including phenoxy) is 2. The summed E-state index contributed by atoms with van der Waals surface area (Å²) in [6, 6.07) is 1.80. The van der Waals surface area contributed by atoms with Crippen LogP contribution in [0.5, 0.6) is 11.5 Å². The lowest BCUT2D eigenvalue weighted by molar-refractivity contribution is 0.394. The average molecular weight is 279 g/mol. The number of aryl methyl sites for hydroxylation is 1. The molecule has 1 aromatic rings. The van der Waals surface area contributed by atoms with Crippen molar-refractivity contribution in [2.75, 3.05) is 14.2 Å². The van der Waals surface area contributed by atoms with Gasteiger partial charge in [0.1, 0.15) is 11.5 Å². The molecule has 0 N–H and O–H groups in total. The monoisotopic (exact) mass is 278 g/mol. The average Bonchev–Trinajstić information content (AvgIpc) is 2.21. The van der Waals surface area contributed by atoms with E-state index in [1.54, 1.807) is 13.0 Å². The first-order valence-corrected chi connectivity index (χ1v) is 7.41. The van der Waals surface area contributed by atoms with Gasteiger partial charge in [0, 0.05) is 16.2 Å². The van der Waals surface area contributed by atoms with Crippen LogP contribution in [0.25, 0.3) is 0 Å². The summed E-state index contributed by atoms with van der Waals surface area (Å²) in [6.07, 6.45) is 0. The molecule has 1 aromatic carbocycles. The number of hydrogen-bond acceptors (Lipinski definition) is 4. The molecule has 4 nitrogen and oxygen atoms in total. The lowest BCUT2D eigenvalue weighted by Crippen LogP contribution is -2.04. The molecule has 0 atom stereocenters. The molecule has 1 rings (SSSR count). The smallest absolute Gasteiger partial charge is 0.236 e. The van der Waals surface area contributed by atoms with E-state index in [0.717, 1.165) is 11.1 Å². The molecule has 0 saturated heterocycles. The summed E-state index contributed by atoms with van der Waals surface area (Å²) in [5.41, 5.74) is 2.07. The summed E-state index contributed by atoms with van der Waals surface area (Å²) in [5, 5.41) is 0. The van der Waals surface area contributed by atoms with Crippen LogP contribution < -0.4 is 9.47 Å². The summed E-state index contributed by atoms with van der Waals surface area (Å²) in [4.78, 5) is 0. The van der Waals surface area contributed by atoms with Gasteiger partial charge in [-0.05, 0) is 31.0 Å². The first kappa shape index (κ1) is 14.1.